The molecule has 1 aromatic carbocycles. The molecule has 1 N–H and O–H groups in total. The molecule has 2 rings (SSSR count). The second-order valence-electron chi connectivity index (χ2n) is 7.24. The zero-order chi connectivity index (χ0) is 13.6. The van der Waals surface area contributed by atoms with Gasteiger partial charge in [-0.1, -0.05) is 36.2 Å². The van der Waals surface area contributed by atoms with Crippen LogP contribution in [0.4, 0.5) is 0 Å². The minimum Gasteiger partial charge on any atom is -0.311 e. The smallest absolute Gasteiger partial charge is 0.0107 e. The van der Waals surface area contributed by atoms with Gasteiger partial charge in [0.25, 0.3) is 0 Å². The van der Waals surface area contributed by atoms with Crippen molar-refractivity contribution in [3.8, 4) is 0 Å². The molecule has 0 amide bonds. The molecule has 0 saturated heterocycles. The molecule has 18 heavy (non-hydrogen) atoms. The van der Waals surface area contributed by atoms with E-state index >= 15 is 0 Å². The summed E-state index contributed by atoms with van der Waals surface area (Å²) in [5.41, 5.74) is 4.89. The fraction of sp³-hybridized carbons (Fsp3) is 0.647. The Morgan fingerprint density at radius 2 is 1.67 bits per heavy atom. The Balaban J connectivity index is 2.23. The summed E-state index contributed by atoms with van der Waals surface area (Å²) in [6, 6.07) is 7.02. The van der Waals surface area contributed by atoms with Crippen LogP contribution >= 0.6 is 0 Å². The van der Waals surface area contributed by atoms with Gasteiger partial charge in [0.1, 0.15) is 0 Å². The van der Waals surface area contributed by atoms with E-state index in [2.05, 4.69) is 65.1 Å². The largest absolute Gasteiger partial charge is 0.311 e. The van der Waals surface area contributed by atoms with Gasteiger partial charge in [-0.25, -0.2) is 0 Å². The highest BCUT2D eigenvalue weighted by Gasteiger charge is 2.52. The number of hydrogen-bond acceptors (Lipinski definition) is 1. The van der Waals surface area contributed by atoms with Crippen LogP contribution in [0, 0.1) is 19.8 Å². The van der Waals surface area contributed by atoms with Crippen molar-refractivity contribution in [2.24, 2.45) is 5.92 Å². The summed E-state index contributed by atoms with van der Waals surface area (Å²) in [5, 5.41) is 3.69. The van der Waals surface area contributed by atoms with Gasteiger partial charge in [0.15, 0.2) is 0 Å². The molecule has 0 aliphatic heterocycles. The van der Waals surface area contributed by atoms with E-state index in [1.807, 2.05) is 0 Å². The highest BCUT2D eigenvalue weighted by Crippen LogP contribution is 2.54. The zero-order valence-corrected chi connectivity index (χ0v) is 12.7. The van der Waals surface area contributed by atoms with Crippen LogP contribution in [-0.4, -0.2) is 12.1 Å². The predicted molar refractivity (Wildman–Crippen MR) is 79.1 cm³/mol. The quantitative estimate of drug-likeness (QED) is 0.849. The average molecular weight is 245 g/mol. The second-order valence-corrected chi connectivity index (χ2v) is 7.24. The third-order valence-electron chi connectivity index (χ3n) is 4.18. The van der Waals surface area contributed by atoms with Crippen LogP contribution in [0.2, 0.25) is 0 Å². The van der Waals surface area contributed by atoms with Crippen molar-refractivity contribution in [1.82, 2.24) is 5.32 Å². The van der Waals surface area contributed by atoms with Crippen LogP contribution in [0.15, 0.2) is 18.2 Å². The van der Waals surface area contributed by atoms with Crippen LogP contribution in [0.25, 0.3) is 0 Å². The van der Waals surface area contributed by atoms with Crippen molar-refractivity contribution in [3.05, 3.63) is 34.9 Å². The molecule has 0 spiro atoms. The van der Waals surface area contributed by atoms with Crippen molar-refractivity contribution < 1.29 is 0 Å². The van der Waals surface area contributed by atoms with Gasteiger partial charge in [-0.05, 0) is 52.5 Å². The first-order valence-corrected chi connectivity index (χ1v) is 7.07. The Kier molecular flexibility index (Phi) is 3.31. The van der Waals surface area contributed by atoms with Crippen LogP contribution < -0.4 is 5.32 Å². The minimum absolute atomic E-state index is 0.203. The van der Waals surface area contributed by atoms with Crippen LogP contribution in [0.3, 0.4) is 0 Å². The Morgan fingerprint density at radius 3 is 2.06 bits per heavy atom. The van der Waals surface area contributed by atoms with Gasteiger partial charge in [-0.3, -0.25) is 0 Å². The molecule has 2 atom stereocenters. The summed E-state index contributed by atoms with van der Waals surface area (Å²) in [4.78, 5) is 0. The molecular formula is C17H27N. The monoisotopic (exact) mass is 245 g/mol. The molecule has 100 valence electrons. The number of rotatable bonds is 3. The third kappa shape index (κ3) is 2.77. The number of benzene rings is 1. The third-order valence-corrected chi connectivity index (χ3v) is 4.18. The Morgan fingerprint density at radius 1 is 1.17 bits per heavy atom. The second kappa shape index (κ2) is 4.38. The van der Waals surface area contributed by atoms with Crippen molar-refractivity contribution in [2.75, 3.05) is 6.54 Å². The lowest BCUT2D eigenvalue weighted by atomic mass is 9.90. The number of aryl methyl sites for hydroxylation is 2. The van der Waals surface area contributed by atoms with Crippen molar-refractivity contribution in [3.63, 3.8) is 0 Å². The minimum atomic E-state index is 0.203. The summed E-state index contributed by atoms with van der Waals surface area (Å²) >= 11 is 0. The van der Waals surface area contributed by atoms with Crippen LogP contribution in [-0.2, 0) is 5.41 Å². The van der Waals surface area contributed by atoms with Crippen LogP contribution in [0.5, 0.6) is 0 Å². The fourth-order valence-corrected chi connectivity index (χ4v) is 2.92. The Labute approximate surface area is 112 Å². The van der Waals surface area contributed by atoms with E-state index in [4.69, 9.17) is 0 Å². The predicted octanol–water partition coefficient (Wildman–Crippen LogP) is 3.97. The van der Waals surface area contributed by atoms with Gasteiger partial charge < -0.3 is 5.32 Å². The maximum atomic E-state index is 3.69. The summed E-state index contributed by atoms with van der Waals surface area (Å²) in [7, 11) is 0. The molecule has 1 saturated carbocycles. The van der Waals surface area contributed by atoms with E-state index in [1.54, 1.807) is 0 Å². The molecule has 1 aliphatic carbocycles. The molecule has 1 fully saturated rings. The lowest BCUT2D eigenvalue weighted by molar-refractivity contribution is 0.392. The van der Waals surface area contributed by atoms with Gasteiger partial charge >= 0.3 is 0 Å². The molecule has 0 bridgehead atoms. The molecule has 0 heterocycles. The summed E-state index contributed by atoms with van der Waals surface area (Å²) in [6.45, 7) is 14.6. The summed E-state index contributed by atoms with van der Waals surface area (Å²) in [6.07, 6.45) is 1.32. The van der Waals surface area contributed by atoms with E-state index in [-0.39, 0.29) is 5.54 Å². The van der Waals surface area contributed by atoms with Crippen molar-refractivity contribution in [1.29, 1.82) is 0 Å². The van der Waals surface area contributed by atoms with Gasteiger partial charge in [0.05, 0.1) is 0 Å². The molecule has 0 radical (unpaired) electrons. The highest BCUT2D eigenvalue weighted by molar-refractivity contribution is 5.39. The van der Waals surface area contributed by atoms with Gasteiger partial charge in [-0.2, -0.15) is 0 Å². The molecule has 0 aromatic heterocycles. The maximum absolute atomic E-state index is 3.69. The normalized spacial score (nSPS) is 27.3. The van der Waals surface area contributed by atoms with E-state index in [0.717, 1.165) is 12.5 Å². The highest BCUT2D eigenvalue weighted by atomic mass is 15.0. The van der Waals surface area contributed by atoms with E-state index in [9.17, 15) is 0 Å². The van der Waals surface area contributed by atoms with Gasteiger partial charge in [0, 0.05) is 17.5 Å². The van der Waals surface area contributed by atoms with E-state index in [0.29, 0.717) is 5.41 Å². The summed E-state index contributed by atoms with van der Waals surface area (Å²) in [5.74, 6) is 0.800. The summed E-state index contributed by atoms with van der Waals surface area (Å²) < 4.78 is 0. The first kappa shape index (κ1) is 13.6. The fourth-order valence-electron chi connectivity index (χ4n) is 2.92. The topological polar surface area (TPSA) is 12.0 Å². The molecule has 1 aliphatic rings. The Hall–Kier alpha value is -0.820. The van der Waals surface area contributed by atoms with E-state index in [1.165, 1.54) is 23.1 Å². The zero-order valence-electron chi connectivity index (χ0n) is 12.7. The molecule has 1 heteroatoms. The van der Waals surface area contributed by atoms with E-state index < -0.39 is 0 Å². The van der Waals surface area contributed by atoms with Crippen molar-refractivity contribution in [2.45, 2.75) is 58.9 Å². The SMILES string of the molecule is Cc1cc(C)cc(C2(CNC(C)(C)C)CC2C)c1. The molecular weight excluding hydrogens is 218 g/mol. The maximum Gasteiger partial charge on any atom is 0.0107 e. The van der Waals surface area contributed by atoms with Crippen LogP contribution in [0.1, 0.15) is 50.8 Å². The lowest BCUT2D eigenvalue weighted by Gasteiger charge is -2.26. The molecule has 1 nitrogen and oxygen atoms in total. The molecule has 1 aromatic rings. The first-order chi connectivity index (χ1) is 8.23. The first-order valence-electron chi connectivity index (χ1n) is 7.07. The van der Waals surface area contributed by atoms with Gasteiger partial charge in [0.2, 0.25) is 0 Å². The number of nitrogens with one attached hydrogen (secondary N) is 1. The lowest BCUT2D eigenvalue weighted by Crippen LogP contribution is -2.41. The average Bonchev–Trinajstić information content (AvgIpc) is 2.85. The molecule has 2 unspecified atom stereocenters. The Bertz CT molecular complexity index is 421. The standard InChI is InChI=1S/C17H27N/c1-12-7-13(2)9-15(8-12)17(10-14(17)3)11-18-16(4,5)6/h7-9,14,18H,10-11H2,1-6H3. The number of hydrogen-bond donors (Lipinski definition) is 1. The van der Waals surface area contributed by atoms with Gasteiger partial charge in [-0.15, -0.1) is 0 Å². The van der Waals surface area contributed by atoms with Crippen molar-refractivity contribution >= 4 is 0 Å².